The van der Waals surface area contributed by atoms with Crippen molar-refractivity contribution in [3.8, 4) is 0 Å². The molecule has 1 amide bonds. The molecule has 2 spiro atoms. The molecule has 2 heterocycles. The van der Waals surface area contributed by atoms with E-state index in [1.807, 2.05) is 12.1 Å². The predicted octanol–water partition coefficient (Wildman–Crippen LogP) is 5.87. The van der Waals surface area contributed by atoms with Crippen molar-refractivity contribution >= 4 is 33.1 Å². The number of ketones is 1. The zero-order valence-electron chi connectivity index (χ0n) is 26.1. The maximum Gasteiger partial charge on any atom is 0.220 e. The summed E-state index contributed by atoms with van der Waals surface area (Å²) in [5.74, 6) is 0.286. The summed E-state index contributed by atoms with van der Waals surface area (Å²) < 4.78 is 1.13. The number of amides is 1. The minimum Gasteiger partial charge on any atom is -0.393 e. The minimum absolute atomic E-state index is 0.0381. The van der Waals surface area contributed by atoms with Crippen LogP contribution in [0.1, 0.15) is 81.3 Å². The highest BCUT2D eigenvalue weighted by molar-refractivity contribution is 7.21. The van der Waals surface area contributed by atoms with Crippen molar-refractivity contribution in [2.45, 2.75) is 83.3 Å². The molecule has 9 rings (SSSR count). The summed E-state index contributed by atoms with van der Waals surface area (Å²) in [6.45, 7) is 6.91. The van der Waals surface area contributed by atoms with Crippen LogP contribution in [0.5, 0.6) is 0 Å². The van der Waals surface area contributed by atoms with Gasteiger partial charge in [0, 0.05) is 39.0 Å². The molecule has 6 aliphatic carbocycles. The Bertz CT molecular complexity index is 1570. The standard InChI is InChI=1S/C37H46N2O4S/c1-33-12-7-25(40)20-35(33)15-16-37(26(21-35)31(41)28-19-24-5-3-4-6-27(24)44-28)29(33)8-13-34(2)30(37)9-14-36(34,43)22-39-17-10-23(11-18-39)32(38)42/h3-6,15-16,19,21,23,25,29-30,40,43H,7-14,17-18,20,22H2,1-2H3,(H2,38,42). The molecule has 44 heavy (non-hydrogen) atoms. The van der Waals surface area contributed by atoms with E-state index in [2.05, 4.69) is 55.2 Å². The number of hydrogen-bond donors (Lipinski definition) is 3. The van der Waals surface area contributed by atoms with E-state index in [-0.39, 0.29) is 51.8 Å². The van der Waals surface area contributed by atoms with Crippen LogP contribution in [-0.2, 0) is 4.79 Å². The molecule has 4 fully saturated rings. The van der Waals surface area contributed by atoms with Gasteiger partial charge < -0.3 is 20.8 Å². The number of rotatable bonds is 5. The Morgan fingerprint density at radius 3 is 2.43 bits per heavy atom. The van der Waals surface area contributed by atoms with Crippen LogP contribution in [0.2, 0.25) is 0 Å². The maximum absolute atomic E-state index is 14.9. The van der Waals surface area contributed by atoms with Crippen molar-refractivity contribution in [3.63, 3.8) is 0 Å². The van der Waals surface area contributed by atoms with Gasteiger partial charge in [0.15, 0.2) is 5.78 Å². The van der Waals surface area contributed by atoms with Crippen LogP contribution in [-0.4, -0.2) is 58.1 Å². The van der Waals surface area contributed by atoms with Gasteiger partial charge in [0.2, 0.25) is 5.91 Å². The van der Waals surface area contributed by atoms with Crippen LogP contribution in [0.15, 0.2) is 54.1 Å². The number of aliphatic hydroxyl groups excluding tert-OH is 1. The number of Topliss-reactive ketones (excluding diaryl/α,β-unsaturated/α-hetero) is 1. The summed E-state index contributed by atoms with van der Waals surface area (Å²) in [4.78, 5) is 29.8. The van der Waals surface area contributed by atoms with Crippen LogP contribution < -0.4 is 5.73 Å². The number of likely N-dealkylation sites (tertiary alicyclic amines) is 1. The lowest BCUT2D eigenvalue weighted by Crippen LogP contribution is -2.67. The SMILES string of the molecule is CC12CCC(O)CC13C=CC1(C(C(=O)c4cc5ccccc5s4)=C3)C2CCC2(C)C1CCC2(O)CN1CCC(C(N)=O)CC1. The highest BCUT2D eigenvalue weighted by Crippen LogP contribution is 2.78. The average Bonchev–Trinajstić information content (AvgIpc) is 3.55. The van der Waals surface area contributed by atoms with Gasteiger partial charge in [-0.05, 0) is 106 Å². The number of piperidine rings is 1. The van der Waals surface area contributed by atoms with Gasteiger partial charge in [-0.3, -0.25) is 9.59 Å². The molecule has 7 aliphatic rings. The molecule has 8 atom stereocenters. The highest BCUT2D eigenvalue weighted by atomic mass is 32.1. The number of carbonyl (C=O) groups is 2. The number of aliphatic hydroxyl groups is 2. The Morgan fingerprint density at radius 2 is 1.68 bits per heavy atom. The van der Waals surface area contributed by atoms with E-state index in [0.717, 1.165) is 85.0 Å². The van der Waals surface area contributed by atoms with Gasteiger partial charge in [-0.15, -0.1) is 11.3 Å². The second kappa shape index (κ2) is 9.60. The van der Waals surface area contributed by atoms with Gasteiger partial charge in [-0.25, -0.2) is 0 Å². The average molecular weight is 615 g/mol. The van der Waals surface area contributed by atoms with Crippen LogP contribution in [0.4, 0.5) is 0 Å². The van der Waals surface area contributed by atoms with E-state index in [4.69, 9.17) is 5.73 Å². The van der Waals surface area contributed by atoms with Gasteiger partial charge in [-0.1, -0.05) is 50.3 Å². The Balaban J connectivity index is 1.21. The summed E-state index contributed by atoms with van der Waals surface area (Å²) in [5.41, 5.74) is 4.51. The topological polar surface area (TPSA) is 104 Å². The third kappa shape index (κ3) is 3.70. The molecule has 1 aromatic carbocycles. The minimum atomic E-state index is -0.869. The first-order valence-electron chi connectivity index (χ1n) is 16.8. The lowest BCUT2D eigenvalue weighted by molar-refractivity contribution is -0.177. The summed E-state index contributed by atoms with van der Waals surface area (Å²) >= 11 is 1.59. The van der Waals surface area contributed by atoms with Crippen LogP contribution in [0, 0.1) is 39.4 Å². The quantitative estimate of drug-likeness (QED) is 0.289. The summed E-state index contributed by atoms with van der Waals surface area (Å²) in [5, 5.41) is 24.7. The molecule has 3 saturated carbocycles. The molecule has 6 nitrogen and oxygen atoms in total. The fourth-order valence-corrected chi connectivity index (χ4v) is 12.6. The molecule has 234 valence electrons. The normalized spacial score (nSPS) is 43.4. The van der Waals surface area contributed by atoms with Crippen molar-refractivity contribution in [2.24, 2.45) is 45.1 Å². The van der Waals surface area contributed by atoms with Crippen LogP contribution in [0.25, 0.3) is 10.1 Å². The van der Waals surface area contributed by atoms with Crippen molar-refractivity contribution in [1.82, 2.24) is 4.90 Å². The highest BCUT2D eigenvalue weighted by Gasteiger charge is 2.74. The van der Waals surface area contributed by atoms with E-state index in [0.29, 0.717) is 13.0 Å². The van der Waals surface area contributed by atoms with Gasteiger partial charge in [0.25, 0.3) is 0 Å². The molecule has 7 heteroatoms. The van der Waals surface area contributed by atoms with E-state index in [1.165, 1.54) is 0 Å². The number of nitrogens with zero attached hydrogens (tertiary/aromatic N) is 1. The molecule has 2 bridgehead atoms. The van der Waals surface area contributed by atoms with E-state index in [1.54, 1.807) is 11.3 Å². The summed E-state index contributed by atoms with van der Waals surface area (Å²) in [7, 11) is 0. The first-order valence-corrected chi connectivity index (χ1v) is 17.7. The Morgan fingerprint density at radius 1 is 0.977 bits per heavy atom. The predicted molar refractivity (Wildman–Crippen MR) is 173 cm³/mol. The molecule has 0 radical (unpaired) electrons. The fraction of sp³-hybridized carbons (Fsp3) is 0.622. The van der Waals surface area contributed by atoms with Gasteiger partial charge in [0.05, 0.1) is 16.6 Å². The number of allylic oxidation sites excluding steroid dienone is 4. The lowest BCUT2D eigenvalue weighted by Gasteiger charge is -2.71. The van der Waals surface area contributed by atoms with E-state index < -0.39 is 11.0 Å². The number of thiophene rings is 1. The summed E-state index contributed by atoms with van der Waals surface area (Å²) in [6.07, 6.45) is 14.2. The number of benzene rings is 1. The molecule has 1 saturated heterocycles. The molecule has 1 aromatic heterocycles. The monoisotopic (exact) mass is 614 g/mol. The Hall–Kier alpha value is -2.32. The number of β-amino-alcohol motifs (C(OH)–C–C–N with tert-alkyl or cyclic N) is 1. The number of fused-ring (bicyclic) bond motifs is 2. The van der Waals surface area contributed by atoms with Gasteiger partial charge >= 0.3 is 0 Å². The summed E-state index contributed by atoms with van der Waals surface area (Å²) in [6, 6.07) is 10.3. The number of primary amides is 1. The number of hydrogen-bond acceptors (Lipinski definition) is 6. The molecule has 4 N–H and O–H groups in total. The van der Waals surface area contributed by atoms with Crippen LogP contribution in [0.3, 0.4) is 0 Å². The van der Waals surface area contributed by atoms with Gasteiger partial charge in [-0.2, -0.15) is 0 Å². The first-order chi connectivity index (χ1) is 20.9. The zero-order chi connectivity index (χ0) is 30.7. The van der Waals surface area contributed by atoms with E-state index in [9.17, 15) is 19.8 Å². The molecule has 2 aromatic rings. The van der Waals surface area contributed by atoms with E-state index >= 15 is 0 Å². The molecule has 1 aliphatic heterocycles. The first kappa shape index (κ1) is 29.1. The van der Waals surface area contributed by atoms with Crippen molar-refractivity contribution in [1.29, 1.82) is 0 Å². The zero-order valence-corrected chi connectivity index (χ0v) is 26.9. The number of nitrogens with two attached hydrogens (primary N) is 1. The third-order valence-electron chi connectivity index (χ3n) is 14.1. The maximum atomic E-state index is 14.9. The van der Waals surface area contributed by atoms with Crippen molar-refractivity contribution in [2.75, 3.05) is 19.6 Å². The smallest absolute Gasteiger partial charge is 0.220 e. The van der Waals surface area contributed by atoms with Crippen molar-refractivity contribution in [3.05, 3.63) is 59.0 Å². The second-order valence-electron chi connectivity index (χ2n) is 15.7. The second-order valence-corrected chi connectivity index (χ2v) is 16.8. The molecule has 8 unspecified atom stereocenters. The molecular weight excluding hydrogens is 568 g/mol. The fourth-order valence-electron chi connectivity index (χ4n) is 11.6. The number of carbonyl (C=O) groups excluding carboxylic acids is 2. The third-order valence-corrected chi connectivity index (χ3v) is 15.2. The Labute approximate surface area is 264 Å². The van der Waals surface area contributed by atoms with Gasteiger partial charge in [0.1, 0.15) is 0 Å². The lowest BCUT2D eigenvalue weighted by atomic mass is 9.32. The van der Waals surface area contributed by atoms with Crippen LogP contribution >= 0.6 is 11.3 Å². The van der Waals surface area contributed by atoms with Crippen molar-refractivity contribution < 1.29 is 19.8 Å². The largest absolute Gasteiger partial charge is 0.393 e. The Kier molecular flexibility index (Phi) is 6.35. The molecular formula is C37H46N2O4S.